The van der Waals surface area contributed by atoms with Crippen LogP contribution in [0.25, 0.3) is 0 Å². The van der Waals surface area contributed by atoms with Gasteiger partial charge in [0.2, 0.25) is 0 Å². The van der Waals surface area contributed by atoms with Gasteiger partial charge in [0, 0.05) is 23.5 Å². The summed E-state index contributed by atoms with van der Waals surface area (Å²) >= 11 is 1.60. The van der Waals surface area contributed by atoms with Crippen LogP contribution in [0.1, 0.15) is 40.2 Å². The maximum atomic E-state index is 13.7. The van der Waals surface area contributed by atoms with E-state index in [0.717, 1.165) is 10.4 Å². The third kappa shape index (κ3) is 4.46. The Morgan fingerprint density at radius 2 is 2.00 bits per heavy atom. The minimum absolute atomic E-state index is 0.213. The van der Waals surface area contributed by atoms with Crippen LogP contribution in [0.15, 0.2) is 72.1 Å². The van der Waals surface area contributed by atoms with Crippen LogP contribution in [-0.2, 0) is 6.54 Å². The third-order valence-electron chi connectivity index (χ3n) is 5.72. The van der Waals surface area contributed by atoms with E-state index in [-0.39, 0.29) is 17.8 Å². The largest absolute Gasteiger partial charge is 0.388 e. The minimum Gasteiger partial charge on any atom is -0.388 e. The molecule has 2 N–H and O–H groups in total. The smallest absolute Gasteiger partial charge is 0.251 e. The van der Waals surface area contributed by atoms with Crippen LogP contribution < -0.4 is 5.32 Å². The fourth-order valence-electron chi connectivity index (χ4n) is 4.11. The average molecular weight is 425 g/mol. The first-order valence-electron chi connectivity index (χ1n) is 10.0. The van der Waals surface area contributed by atoms with E-state index in [1.54, 1.807) is 36.5 Å². The monoisotopic (exact) mass is 424 g/mol. The molecule has 1 aliphatic rings. The molecule has 4 rings (SSSR count). The standard InChI is InChI=1S/C24H25FN2O2S/c1-24(29)12-13-27(16-17-7-5-10-19(25)15-17)21(20-11-6-14-30-20)22(24)26-23(28)18-8-3-2-4-9-18/h2-11,14-15,21-22,29H,12-13,16H2,1H3,(H,26,28)/t21-,22-,24+/m0/s1. The molecule has 156 valence electrons. The molecule has 0 unspecified atom stereocenters. The van der Waals surface area contributed by atoms with Gasteiger partial charge in [-0.1, -0.05) is 36.4 Å². The summed E-state index contributed by atoms with van der Waals surface area (Å²) in [6.45, 7) is 2.96. The number of amides is 1. The summed E-state index contributed by atoms with van der Waals surface area (Å²) in [4.78, 5) is 16.2. The van der Waals surface area contributed by atoms with E-state index in [1.807, 2.05) is 41.8 Å². The molecular weight excluding hydrogens is 399 g/mol. The normalized spacial score (nSPS) is 24.5. The van der Waals surface area contributed by atoms with Crippen molar-refractivity contribution in [3.8, 4) is 0 Å². The van der Waals surface area contributed by atoms with Gasteiger partial charge in [0.05, 0.1) is 17.7 Å². The predicted octanol–water partition coefficient (Wildman–Crippen LogP) is 4.38. The van der Waals surface area contributed by atoms with Gasteiger partial charge in [0.15, 0.2) is 0 Å². The fourth-order valence-corrected chi connectivity index (χ4v) is 5.01. The van der Waals surface area contributed by atoms with Crippen molar-refractivity contribution >= 4 is 17.2 Å². The molecular formula is C24H25FN2O2S. The highest BCUT2D eigenvalue weighted by Gasteiger charge is 2.46. The summed E-state index contributed by atoms with van der Waals surface area (Å²) in [6.07, 6.45) is 0.504. The first-order chi connectivity index (χ1) is 14.4. The number of carbonyl (C=O) groups is 1. The summed E-state index contributed by atoms with van der Waals surface area (Å²) in [5, 5.41) is 16.3. The van der Waals surface area contributed by atoms with Crippen LogP contribution >= 0.6 is 11.3 Å². The van der Waals surface area contributed by atoms with E-state index < -0.39 is 11.6 Å². The molecule has 0 aliphatic carbocycles. The van der Waals surface area contributed by atoms with Crippen molar-refractivity contribution in [3.05, 3.63) is 93.9 Å². The molecule has 1 amide bonds. The van der Waals surface area contributed by atoms with Crippen molar-refractivity contribution in [1.29, 1.82) is 0 Å². The molecule has 0 bridgehead atoms. The first kappa shape index (κ1) is 20.7. The van der Waals surface area contributed by atoms with Crippen LogP contribution in [0.3, 0.4) is 0 Å². The minimum atomic E-state index is -1.07. The molecule has 0 spiro atoms. The first-order valence-corrected chi connectivity index (χ1v) is 10.9. The Morgan fingerprint density at radius 1 is 1.20 bits per heavy atom. The van der Waals surface area contributed by atoms with Crippen molar-refractivity contribution in [2.24, 2.45) is 0 Å². The Morgan fingerprint density at radius 3 is 2.70 bits per heavy atom. The number of thiophene rings is 1. The Kier molecular flexibility index (Phi) is 5.99. The highest BCUT2D eigenvalue weighted by atomic mass is 32.1. The number of hydrogen-bond acceptors (Lipinski definition) is 4. The lowest BCUT2D eigenvalue weighted by molar-refractivity contribution is -0.0656. The second-order valence-electron chi connectivity index (χ2n) is 7.98. The zero-order chi connectivity index (χ0) is 21.1. The quantitative estimate of drug-likeness (QED) is 0.639. The summed E-state index contributed by atoms with van der Waals surface area (Å²) in [7, 11) is 0. The molecule has 1 aromatic heterocycles. The molecule has 3 aromatic rings. The van der Waals surface area contributed by atoms with Crippen molar-refractivity contribution in [3.63, 3.8) is 0 Å². The lowest BCUT2D eigenvalue weighted by Gasteiger charge is -2.48. The Balaban J connectivity index is 1.66. The number of benzene rings is 2. The van der Waals surface area contributed by atoms with Gasteiger partial charge >= 0.3 is 0 Å². The van der Waals surface area contributed by atoms with Crippen molar-refractivity contribution in [2.75, 3.05) is 6.54 Å². The Hall–Kier alpha value is -2.54. The van der Waals surface area contributed by atoms with Crippen molar-refractivity contribution in [1.82, 2.24) is 10.2 Å². The number of likely N-dealkylation sites (tertiary alicyclic amines) is 1. The van der Waals surface area contributed by atoms with Crippen molar-refractivity contribution < 1.29 is 14.3 Å². The number of nitrogens with zero attached hydrogens (tertiary/aromatic N) is 1. The molecule has 30 heavy (non-hydrogen) atoms. The average Bonchev–Trinajstić information content (AvgIpc) is 3.26. The zero-order valence-corrected chi connectivity index (χ0v) is 17.6. The molecule has 4 nitrogen and oxygen atoms in total. The Bertz CT molecular complexity index is 991. The molecule has 2 heterocycles. The highest BCUT2D eigenvalue weighted by Crippen LogP contribution is 2.39. The van der Waals surface area contributed by atoms with Gasteiger partial charge in [-0.25, -0.2) is 4.39 Å². The van der Waals surface area contributed by atoms with Gasteiger partial charge in [-0.15, -0.1) is 11.3 Å². The molecule has 1 fully saturated rings. The van der Waals surface area contributed by atoms with E-state index in [9.17, 15) is 14.3 Å². The number of rotatable bonds is 5. The van der Waals surface area contributed by atoms with Crippen LogP contribution in [0.4, 0.5) is 4.39 Å². The fraction of sp³-hybridized carbons (Fsp3) is 0.292. The zero-order valence-electron chi connectivity index (χ0n) is 16.8. The second-order valence-corrected chi connectivity index (χ2v) is 8.96. The van der Waals surface area contributed by atoms with Crippen molar-refractivity contribution in [2.45, 2.75) is 37.6 Å². The maximum Gasteiger partial charge on any atom is 0.251 e. The number of nitrogens with one attached hydrogen (secondary N) is 1. The van der Waals surface area contributed by atoms with Crippen LogP contribution in [0.5, 0.6) is 0 Å². The van der Waals surface area contributed by atoms with Gasteiger partial charge in [-0.05, 0) is 54.6 Å². The topological polar surface area (TPSA) is 52.6 Å². The number of piperidine rings is 1. The van der Waals surface area contributed by atoms with Gasteiger partial charge < -0.3 is 10.4 Å². The van der Waals surface area contributed by atoms with Crippen LogP contribution in [0.2, 0.25) is 0 Å². The molecule has 3 atom stereocenters. The van der Waals surface area contributed by atoms with Crippen LogP contribution in [-0.4, -0.2) is 34.1 Å². The van der Waals surface area contributed by atoms with Gasteiger partial charge in [0.25, 0.3) is 5.91 Å². The Labute approximate surface area is 180 Å². The highest BCUT2D eigenvalue weighted by molar-refractivity contribution is 7.10. The molecule has 0 saturated carbocycles. The van der Waals surface area contributed by atoms with E-state index in [2.05, 4.69) is 10.2 Å². The molecule has 0 radical (unpaired) electrons. The molecule has 1 aliphatic heterocycles. The van der Waals surface area contributed by atoms with E-state index in [0.29, 0.717) is 25.1 Å². The van der Waals surface area contributed by atoms with E-state index in [1.165, 1.54) is 12.1 Å². The number of halogens is 1. The lowest BCUT2D eigenvalue weighted by Crippen LogP contribution is -2.62. The summed E-state index contributed by atoms with van der Waals surface area (Å²) in [5.74, 6) is -0.479. The van der Waals surface area contributed by atoms with Gasteiger partial charge in [-0.3, -0.25) is 9.69 Å². The third-order valence-corrected chi connectivity index (χ3v) is 6.66. The second kappa shape index (κ2) is 8.68. The van der Waals surface area contributed by atoms with E-state index >= 15 is 0 Å². The maximum absolute atomic E-state index is 13.7. The van der Waals surface area contributed by atoms with Gasteiger partial charge in [0.1, 0.15) is 5.82 Å². The molecule has 6 heteroatoms. The summed E-state index contributed by atoms with van der Waals surface area (Å²) in [5.41, 5.74) is 0.351. The SMILES string of the molecule is C[C@@]1(O)CCN(Cc2cccc(F)c2)[C@@H](c2cccs2)[C@@H]1NC(=O)c1ccccc1. The number of carbonyl (C=O) groups excluding carboxylic acids is 1. The summed E-state index contributed by atoms with van der Waals surface area (Å²) < 4.78 is 13.7. The van der Waals surface area contributed by atoms with Crippen LogP contribution in [0, 0.1) is 5.82 Å². The number of hydrogen-bond donors (Lipinski definition) is 2. The number of aliphatic hydroxyl groups is 1. The molecule has 2 aromatic carbocycles. The predicted molar refractivity (Wildman–Crippen MR) is 117 cm³/mol. The lowest BCUT2D eigenvalue weighted by atomic mass is 9.81. The van der Waals surface area contributed by atoms with Gasteiger partial charge in [-0.2, -0.15) is 0 Å². The summed E-state index contributed by atoms with van der Waals surface area (Å²) in [6, 6.07) is 18.9. The van der Waals surface area contributed by atoms with E-state index in [4.69, 9.17) is 0 Å². The molecule has 1 saturated heterocycles.